The molecule has 1 aliphatic heterocycles. The molecule has 1 unspecified atom stereocenters. The van der Waals surface area contributed by atoms with Crippen LogP contribution in [-0.2, 0) is 0 Å². The predicted octanol–water partition coefficient (Wildman–Crippen LogP) is 3.66. The molecular formula is C17H26N4. The van der Waals surface area contributed by atoms with E-state index in [2.05, 4.69) is 43.0 Å². The monoisotopic (exact) mass is 286 g/mol. The summed E-state index contributed by atoms with van der Waals surface area (Å²) in [6, 6.07) is 0.301. The van der Waals surface area contributed by atoms with Gasteiger partial charge >= 0.3 is 0 Å². The minimum absolute atomic E-state index is 0.301. The van der Waals surface area contributed by atoms with Gasteiger partial charge in [0.05, 0.1) is 11.4 Å². The Morgan fingerprint density at radius 2 is 2.19 bits per heavy atom. The molecule has 3 N–H and O–H groups in total. The van der Waals surface area contributed by atoms with Gasteiger partial charge in [0.1, 0.15) is 5.84 Å². The van der Waals surface area contributed by atoms with E-state index in [4.69, 9.17) is 5.41 Å². The van der Waals surface area contributed by atoms with Crippen LogP contribution in [0.5, 0.6) is 0 Å². The average molecular weight is 286 g/mol. The van der Waals surface area contributed by atoms with Gasteiger partial charge < -0.3 is 10.6 Å². The van der Waals surface area contributed by atoms with Crippen molar-refractivity contribution in [3.8, 4) is 0 Å². The van der Waals surface area contributed by atoms with Crippen molar-refractivity contribution in [1.29, 1.82) is 5.41 Å². The molecule has 114 valence electrons. The molecule has 4 nitrogen and oxygen atoms in total. The summed E-state index contributed by atoms with van der Waals surface area (Å²) in [6.45, 7) is 14.1. The molecule has 4 heteroatoms. The Hall–Kier alpha value is -2.10. The Morgan fingerprint density at radius 1 is 1.52 bits per heavy atom. The lowest BCUT2D eigenvalue weighted by atomic mass is 10.0. The number of aliphatic imine (C=N–C) groups is 1. The first kappa shape index (κ1) is 17.0. The third-order valence-corrected chi connectivity index (χ3v) is 3.42. The number of rotatable bonds is 4. The van der Waals surface area contributed by atoms with E-state index in [9.17, 15) is 0 Å². The highest BCUT2D eigenvalue weighted by atomic mass is 15.0. The van der Waals surface area contributed by atoms with E-state index >= 15 is 0 Å². The number of nitrogens with one attached hydrogen (secondary N) is 3. The Balaban J connectivity index is 2.77. The van der Waals surface area contributed by atoms with Gasteiger partial charge in [-0.1, -0.05) is 19.1 Å². The van der Waals surface area contributed by atoms with Crippen molar-refractivity contribution in [2.45, 2.75) is 47.1 Å². The van der Waals surface area contributed by atoms with Crippen LogP contribution in [0.15, 0.2) is 52.5 Å². The van der Waals surface area contributed by atoms with Gasteiger partial charge in [0.15, 0.2) is 0 Å². The van der Waals surface area contributed by atoms with E-state index in [0.29, 0.717) is 11.9 Å². The number of nitrogens with zero attached hydrogens (tertiary/aromatic N) is 1. The molecule has 0 amide bonds. The van der Waals surface area contributed by atoms with Crippen molar-refractivity contribution in [3.05, 3.63) is 47.5 Å². The lowest BCUT2D eigenvalue weighted by Gasteiger charge is -2.23. The van der Waals surface area contributed by atoms with E-state index in [-0.39, 0.29) is 0 Å². The molecule has 0 saturated carbocycles. The number of hydrogen-bond acceptors (Lipinski definition) is 3. The number of hydrogen-bond donors (Lipinski definition) is 3. The minimum Gasteiger partial charge on any atom is -0.378 e. The van der Waals surface area contributed by atoms with Crippen molar-refractivity contribution >= 4 is 11.5 Å². The van der Waals surface area contributed by atoms with Crippen molar-refractivity contribution in [2.75, 3.05) is 0 Å². The fourth-order valence-electron chi connectivity index (χ4n) is 1.79. The van der Waals surface area contributed by atoms with Gasteiger partial charge in [0, 0.05) is 17.9 Å². The minimum atomic E-state index is 0.301. The molecule has 1 rings (SSSR count). The molecule has 0 aromatic carbocycles. The van der Waals surface area contributed by atoms with Gasteiger partial charge in [-0.3, -0.25) is 10.4 Å². The first-order valence-corrected chi connectivity index (χ1v) is 7.24. The van der Waals surface area contributed by atoms with Gasteiger partial charge in [0.2, 0.25) is 0 Å². The van der Waals surface area contributed by atoms with Gasteiger partial charge in [-0.05, 0) is 51.8 Å². The second-order valence-corrected chi connectivity index (χ2v) is 5.44. The first-order chi connectivity index (χ1) is 9.83. The smallest absolute Gasteiger partial charge is 0.122 e. The molecule has 0 aliphatic carbocycles. The molecule has 0 radical (unpaired) electrons. The lowest BCUT2D eigenvalue weighted by molar-refractivity contribution is 0.704. The van der Waals surface area contributed by atoms with E-state index < -0.39 is 0 Å². The highest BCUT2D eigenvalue weighted by molar-refractivity contribution is 6.09. The van der Waals surface area contributed by atoms with Crippen LogP contribution >= 0.6 is 0 Å². The maximum absolute atomic E-state index is 7.86. The molecule has 0 spiro atoms. The highest BCUT2D eigenvalue weighted by Gasteiger charge is 2.14. The Bertz CT molecular complexity index is 547. The fraction of sp³-hybridized carbons (Fsp3) is 0.412. The van der Waals surface area contributed by atoms with Crippen molar-refractivity contribution < 1.29 is 0 Å². The van der Waals surface area contributed by atoms with Gasteiger partial charge in [-0.15, -0.1) is 0 Å². The number of amidine groups is 1. The zero-order valence-corrected chi connectivity index (χ0v) is 13.7. The van der Waals surface area contributed by atoms with Crippen LogP contribution < -0.4 is 10.6 Å². The van der Waals surface area contributed by atoms with Crippen molar-refractivity contribution in [3.63, 3.8) is 0 Å². The van der Waals surface area contributed by atoms with Crippen LogP contribution in [0, 0.1) is 5.41 Å². The zero-order valence-electron chi connectivity index (χ0n) is 13.7. The standard InChI is InChI=1S/C17H26N4/c1-7-11(2)8-17(18)20-13(4)10-19-16-9-12(3)14(5)21-15(16)6/h8-10,14,21H,6-7H2,1-5H3,(H2,18,20)/b11-8+,13-10+,19-16-. The summed E-state index contributed by atoms with van der Waals surface area (Å²) >= 11 is 0. The summed E-state index contributed by atoms with van der Waals surface area (Å²) < 4.78 is 0. The molecule has 1 atom stereocenters. The normalized spacial score (nSPS) is 22.0. The molecule has 21 heavy (non-hydrogen) atoms. The Morgan fingerprint density at radius 3 is 2.81 bits per heavy atom. The van der Waals surface area contributed by atoms with Gasteiger partial charge in [-0.2, -0.15) is 0 Å². The zero-order chi connectivity index (χ0) is 16.0. The van der Waals surface area contributed by atoms with Crippen LogP contribution in [0.25, 0.3) is 0 Å². The quantitative estimate of drug-likeness (QED) is 0.545. The second kappa shape index (κ2) is 7.62. The second-order valence-electron chi connectivity index (χ2n) is 5.44. The van der Waals surface area contributed by atoms with Crippen LogP contribution in [0.1, 0.15) is 41.0 Å². The van der Waals surface area contributed by atoms with E-state index in [0.717, 1.165) is 23.5 Å². The van der Waals surface area contributed by atoms with Crippen LogP contribution in [0.3, 0.4) is 0 Å². The molecule has 0 saturated heterocycles. The maximum Gasteiger partial charge on any atom is 0.122 e. The molecule has 0 fully saturated rings. The third-order valence-electron chi connectivity index (χ3n) is 3.42. The summed E-state index contributed by atoms with van der Waals surface area (Å²) in [6.07, 6.45) is 6.55. The summed E-state index contributed by atoms with van der Waals surface area (Å²) in [5.41, 5.74) is 4.89. The largest absolute Gasteiger partial charge is 0.378 e. The molecule has 0 aromatic rings. The average Bonchev–Trinajstić information content (AvgIpc) is 2.41. The van der Waals surface area contributed by atoms with E-state index in [1.807, 2.05) is 26.0 Å². The summed E-state index contributed by atoms with van der Waals surface area (Å²) in [5, 5.41) is 14.1. The lowest BCUT2D eigenvalue weighted by Crippen LogP contribution is -2.33. The van der Waals surface area contributed by atoms with Crippen LogP contribution in [0.2, 0.25) is 0 Å². The molecule has 1 heterocycles. The summed E-state index contributed by atoms with van der Waals surface area (Å²) in [5.74, 6) is 0.379. The van der Waals surface area contributed by atoms with E-state index in [1.54, 1.807) is 6.20 Å². The predicted molar refractivity (Wildman–Crippen MR) is 91.6 cm³/mol. The molecule has 0 bridgehead atoms. The van der Waals surface area contributed by atoms with E-state index in [1.165, 1.54) is 11.1 Å². The summed E-state index contributed by atoms with van der Waals surface area (Å²) in [7, 11) is 0. The maximum atomic E-state index is 7.86. The SMILES string of the molecule is C=C1NC(C)C(C)=C/C1=N/C=C(\C)NC(=N)/C=C(\C)CC. The topological polar surface area (TPSA) is 60.3 Å². The van der Waals surface area contributed by atoms with Crippen LogP contribution in [0.4, 0.5) is 0 Å². The highest BCUT2D eigenvalue weighted by Crippen LogP contribution is 2.12. The van der Waals surface area contributed by atoms with Crippen molar-refractivity contribution in [1.82, 2.24) is 10.6 Å². The Labute approximate surface area is 127 Å². The van der Waals surface area contributed by atoms with Crippen molar-refractivity contribution in [2.24, 2.45) is 4.99 Å². The molecular weight excluding hydrogens is 260 g/mol. The van der Waals surface area contributed by atoms with Gasteiger partial charge in [-0.25, -0.2) is 0 Å². The number of allylic oxidation sites excluding steroid dienone is 3. The summed E-state index contributed by atoms with van der Waals surface area (Å²) in [4.78, 5) is 4.44. The first-order valence-electron chi connectivity index (χ1n) is 7.24. The molecule has 1 aliphatic rings. The van der Waals surface area contributed by atoms with Gasteiger partial charge in [0.25, 0.3) is 0 Å². The molecule has 0 aromatic heterocycles. The third kappa shape index (κ3) is 5.42. The van der Waals surface area contributed by atoms with Crippen LogP contribution in [-0.4, -0.2) is 17.6 Å². The fourth-order valence-corrected chi connectivity index (χ4v) is 1.79. The Kier molecular flexibility index (Phi) is 6.15.